The van der Waals surface area contributed by atoms with Crippen molar-refractivity contribution < 1.29 is 8.83 Å². The lowest BCUT2D eigenvalue weighted by atomic mass is 9.92. The molecular weight excluding hydrogens is 719 g/mol. The maximum Gasteiger partial charge on any atom is 0.136 e. The highest BCUT2D eigenvalue weighted by Crippen LogP contribution is 2.41. The van der Waals surface area contributed by atoms with Crippen molar-refractivity contribution in [3.8, 4) is 33.4 Å². The minimum atomic E-state index is 0.883. The standard InChI is InChI=1S/C56H35NO2/c1-2-12-46(13-3-1)57(47-24-20-36-10-4-5-11-37(36)32-47)48-25-21-38-28-39(18-19-40(38)33-48)43-29-44(41-22-26-51-49-14-6-8-16-53(49)58-55(51)34-41)31-45(30-43)42-23-27-52-50-15-7-9-17-54(50)59-56(52)35-42/h1-35H. The van der Waals surface area contributed by atoms with Crippen LogP contribution in [0.5, 0.6) is 0 Å². The van der Waals surface area contributed by atoms with Crippen LogP contribution in [-0.2, 0) is 0 Å². The third-order valence-electron chi connectivity index (χ3n) is 11.8. The van der Waals surface area contributed by atoms with E-state index in [1.807, 2.05) is 24.3 Å². The van der Waals surface area contributed by atoms with Crippen LogP contribution in [0.4, 0.5) is 17.1 Å². The quantitative estimate of drug-likeness (QED) is 0.169. The summed E-state index contributed by atoms with van der Waals surface area (Å²) in [5, 5.41) is 9.30. The van der Waals surface area contributed by atoms with E-state index in [0.29, 0.717) is 0 Å². The molecule has 3 nitrogen and oxygen atoms in total. The van der Waals surface area contributed by atoms with E-state index in [4.69, 9.17) is 8.83 Å². The molecule has 0 fully saturated rings. The van der Waals surface area contributed by atoms with E-state index in [9.17, 15) is 0 Å². The predicted molar refractivity (Wildman–Crippen MR) is 247 cm³/mol. The summed E-state index contributed by atoms with van der Waals surface area (Å²) >= 11 is 0. The minimum absolute atomic E-state index is 0.883. The van der Waals surface area contributed by atoms with Gasteiger partial charge in [-0.1, -0.05) is 115 Å². The Morgan fingerprint density at radius 1 is 0.237 bits per heavy atom. The third-order valence-corrected chi connectivity index (χ3v) is 11.8. The molecule has 12 rings (SSSR count). The minimum Gasteiger partial charge on any atom is -0.456 e. The molecule has 12 aromatic rings. The fourth-order valence-electron chi connectivity index (χ4n) is 8.83. The van der Waals surface area contributed by atoms with Crippen molar-refractivity contribution in [2.45, 2.75) is 0 Å². The van der Waals surface area contributed by atoms with Gasteiger partial charge >= 0.3 is 0 Å². The second-order valence-electron chi connectivity index (χ2n) is 15.4. The normalized spacial score (nSPS) is 11.7. The summed E-state index contributed by atoms with van der Waals surface area (Å²) in [6.45, 7) is 0. The lowest BCUT2D eigenvalue weighted by Crippen LogP contribution is -2.09. The van der Waals surface area contributed by atoms with Crippen LogP contribution in [0.3, 0.4) is 0 Å². The van der Waals surface area contributed by atoms with Crippen molar-refractivity contribution in [1.29, 1.82) is 0 Å². The molecule has 10 aromatic carbocycles. The molecule has 59 heavy (non-hydrogen) atoms. The highest BCUT2D eigenvalue weighted by atomic mass is 16.3. The third kappa shape index (κ3) is 5.75. The average molecular weight is 754 g/mol. The largest absolute Gasteiger partial charge is 0.456 e. The van der Waals surface area contributed by atoms with Crippen LogP contribution < -0.4 is 4.90 Å². The molecule has 2 heterocycles. The molecule has 0 aliphatic rings. The first-order valence-electron chi connectivity index (χ1n) is 20.1. The molecule has 0 N–H and O–H groups in total. The van der Waals surface area contributed by atoms with Crippen LogP contribution in [0.15, 0.2) is 221 Å². The maximum absolute atomic E-state index is 6.36. The second kappa shape index (κ2) is 13.4. The summed E-state index contributed by atoms with van der Waals surface area (Å²) in [5.41, 5.74) is 13.6. The van der Waals surface area contributed by atoms with Crippen LogP contribution in [0.2, 0.25) is 0 Å². The van der Waals surface area contributed by atoms with Gasteiger partial charge in [-0.05, 0) is 152 Å². The van der Waals surface area contributed by atoms with Crippen LogP contribution in [-0.4, -0.2) is 0 Å². The van der Waals surface area contributed by atoms with E-state index in [1.54, 1.807) is 0 Å². The van der Waals surface area contributed by atoms with Gasteiger partial charge in [0.25, 0.3) is 0 Å². The molecular formula is C56H35NO2. The number of fused-ring (bicyclic) bond motifs is 8. The van der Waals surface area contributed by atoms with Gasteiger partial charge in [0.2, 0.25) is 0 Å². The van der Waals surface area contributed by atoms with E-state index >= 15 is 0 Å². The highest BCUT2D eigenvalue weighted by Gasteiger charge is 2.16. The van der Waals surface area contributed by atoms with Crippen molar-refractivity contribution in [2.75, 3.05) is 4.90 Å². The van der Waals surface area contributed by atoms with Crippen LogP contribution >= 0.6 is 0 Å². The molecule has 0 aliphatic heterocycles. The van der Waals surface area contributed by atoms with Gasteiger partial charge in [0.15, 0.2) is 0 Å². The Morgan fingerprint density at radius 3 is 1.27 bits per heavy atom. The molecule has 0 saturated carbocycles. The Kier molecular flexibility index (Phi) is 7.54. The molecule has 0 bridgehead atoms. The number of anilines is 3. The number of nitrogens with zero attached hydrogens (tertiary/aromatic N) is 1. The molecule has 0 aliphatic carbocycles. The number of hydrogen-bond acceptors (Lipinski definition) is 3. The monoisotopic (exact) mass is 753 g/mol. The van der Waals surface area contributed by atoms with Crippen molar-refractivity contribution >= 4 is 82.5 Å². The number of hydrogen-bond donors (Lipinski definition) is 0. The number of furan rings is 2. The van der Waals surface area contributed by atoms with Gasteiger partial charge in [0.05, 0.1) is 0 Å². The first kappa shape index (κ1) is 33.3. The van der Waals surface area contributed by atoms with Crippen molar-refractivity contribution in [1.82, 2.24) is 0 Å². The molecule has 276 valence electrons. The average Bonchev–Trinajstić information content (AvgIpc) is 3.87. The Bertz CT molecular complexity index is 3440. The van der Waals surface area contributed by atoms with Gasteiger partial charge in [-0.25, -0.2) is 0 Å². The van der Waals surface area contributed by atoms with Gasteiger partial charge in [-0.3, -0.25) is 0 Å². The maximum atomic E-state index is 6.36. The molecule has 0 unspecified atom stereocenters. The molecule has 0 atom stereocenters. The summed E-state index contributed by atoms with van der Waals surface area (Å²) < 4.78 is 12.7. The van der Waals surface area contributed by atoms with Gasteiger partial charge < -0.3 is 13.7 Å². The molecule has 3 heteroatoms. The first-order chi connectivity index (χ1) is 29.2. The molecule has 0 saturated heterocycles. The summed E-state index contributed by atoms with van der Waals surface area (Å²) in [7, 11) is 0. The Morgan fingerprint density at radius 2 is 0.661 bits per heavy atom. The van der Waals surface area contributed by atoms with Gasteiger partial charge in [0.1, 0.15) is 22.3 Å². The number of benzene rings is 10. The molecule has 0 spiro atoms. The van der Waals surface area contributed by atoms with E-state index in [2.05, 4.69) is 193 Å². The molecule has 0 radical (unpaired) electrons. The van der Waals surface area contributed by atoms with Crippen molar-refractivity contribution in [3.63, 3.8) is 0 Å². The van der Waals surface area contributed by atoms with E-state index in [0.717, 1.165) is 94.3 Å². The second-order valence-corrected chi connectivity index (χ2v) is 15.4. The smallest absolute Gasteiger partial charge is 0.136 e. The van der Waals surface area contributed by atoms with Crippen molar-refractivity contribution in [3.05, 3.63) is 212 Å². The first-order valence-corrected chi connectivity index (χ1v) is 20.1. The number of para-hydroxylation sites is 3. The lowest BCUT2D eigenvalue weighted by molar-refractivity contribution is 0.668. The Hall–Kier alpha value is -7.88. The predicted octanol–water partition coefficient (Wildman–Crippen LogP) is 16.3. The highest BCUT2D eigenvalue weighted by molar-refractivity contribution is 6.07. The van der Waals surface area contributed by atoms with Gasteiger partial charge in [-0.2, -0.15) is 0 Å². The fraction of sp³-hybridized carbons (Fsp3) is 0. The summed E-state index contributed by atoms with van der Waals surface area (Å²) in [4.78, 5) is 2.34. The summed E-state index contributed by atoms with van der Waals surface area (Å²) in [5.74, 6) is 0. The molecule has 0 amide bonds. The Balaban J connectivity index is 0.984. The SMILES string of the molecule is c1ccc(N(c2ccc3ccccc3c2)c2ccc3cc(-c4cc(-c5ccc6c(c5)oc5ccccc56)cc(-c5ccc6c(c5)oc5ccccc56)c4)ccc3c2)cc1. The van der Waals surface area contributed by atoms with Crippen molar-refractivity contribution in [2.24, 2.45) is 0 Å². The van der Waals surface area contributed by atoms with Gasteiger partial charge in [0, 0.05) is 38.6 Å². The Labute approximate surface area is 340 Å². The van der Waals surface area contributed by atoms with Crippen LogP contribution in [0.25, 0.3) is 98.8 Å². The lowest BCUT2D eigenvalue weighted by Gasteiger charge is -2.26. The topological polar surface area (TPSA) is 29.5 Å². The summed E-state index contributed by atoms with van der Waals surface area (Å²) in [6, 6.07) is 76.0. The zero-order valence-electron chi connectivity index (χ0n) is 32.0. The van der Waals surface area contributed by atoms with E-state index in [-0.39, 0.29) is 0 Å². The van der Waals surface area contributed by atoms with Crippen LogP contribution in [0, 0.1) is 0 Å². The van der Waals surface area contributed by atoms with Crippen LogP contribution in [0.1, 0.15) is 0 Å². The summed E-state index contributed by atoms with van der Waals surface area (Å²) in [6.07, 6.45) is 0. The van der Waals surface area contributed by atoms with E-state index < -0.39 is 0 Å². The number of rotatable bonds is 6. The fourth-order valence-corrected chi connectivity index (χ4v) is 8.83. The van der Waals surface area contributed by atoms with E-state index in [1.165, 1.54) is 21.5 Å². The molecule has 2 aromatic heterocycles. The zero-order chi connectivity index (χ0) is 38.9. The van der Waals surface area contributed by atoms with Gasteiger partial charge in [-0.15, -0.1) is 0 Å². The zero-order valence-corrected chi connectivity index (χ0v) is 32.0.